The number of ether oxygens (including phenoxy) is 1. The van der Waals surface area contributed by atoms with Gasteiger partial charge in [0.1, 0.15) is 0 Å². The van der Waals surface area contributed by atoms with Crippen molar-refractivity contribution >= 4 is 5.96 Å². The normalized spacial score (nSPS) is 27.8. The van der Waals surface area contributed by atoms with Crippen LogP contribution in [0.1, 0.15) is 13.8 Å². The molecule has 1 aliphatic rings. The first-order chi connectivity index (χ1) is 6.48. The van der Waals surface area contributed by atoms with E-state index in [1.807, 2.05) is 18.7 Å². The number of aliphatic hydroxyl groups excluding tert-OH is 1. The fraction of sp³-hybridized carbons (Fsp3) is 0.875. The van der Waals surface area contributed by atoms with Crippen LogP contribution < -0.4 is 11.6 Å². The van der Waals surface area contributed by atoms with Crippen LogP contribution in [0.4, 0.5) is 0 Å². The largest absolute Gasteiger partial charge is 0.394 e. The molecule has 82 valence electrons. The predicted octanol–water partition coefficient (Wildman–Crippen LogP) is -1.35. The first kappa shape index (κ1) is 11.1. The molecule has 0 aromatic carbocycles. The summed E-state index contributed by atoms with van der Waals surface area (Å²) in [7, 11) is 0. The van der Waals surface area contributed by atoms with Gasteiger partial charge in [0.2, 0.25) is 5.96 Å². The van der Waals surface area contributed by atoms with Crippen molar-refractivity contribution < 1.29 is 9.84 Å². The third kappa shape index (κ3) is 2.49. The SMILES string of the molecule is CC1(C)CN(C(N)=NN)CC(CO)O1. The number of nitrogens with zero attached hydrogens (tertiary/aromatic N) is 2. The Bertz CT molecular complexity index is 229. The number of guanidine groups is 1. The maximum absolute atomic E-state index is 9.03. The molecule has 14 heavy (non-hydrogen) atoms. The summed E-state index contributed by atoms with van der Waals surface area (Å²) in [6.45, 7) is 4.98. The van der Waals surface area contributed by atoms with Gasteiger partial charge in [-0.05, 0) is 13.8 Å². The smallest absolute Gasteiger partial charge is 0.213 e. The summed E-state index contributed by atoms with van der Waals surface area (Å²) in [5, 5.41) is 12.5. The van der Waals surface area contributed by atoms with E-state index in [0.29, 0.717) is 13.1 Å². The van der Waals surface area contributed by atoms with E-state index in [1.54, 1.807) is 0 Å². The van der Waals surface area contributed by atoms with Crippen molar-refractivity contribution in [2.45, 2.75) is 25.6 Å². The molecule has 1 atom stereocenters. The van der Waals surface area contributed by atoms with Crippen LogP contribution in [-0.2, 0) is 4.74 Å². The average Bonchev–Trinajstić information content (AvgIpc) is 2.14. The van der Waals surface area contributed by atoms with Crippen molar-refractivity contribution in [3.05, 3.63) is 0 Å². The lowest BCUT2D eigenvalue weighted by molar-refractivity contribution is -0.135. The van der Waals surface area contributed by atoms with Crippen LogP contribution in [0.25, 0.3) is 0 Å². The van der Waals surface area contributed by atoms with Gasteiger partial charge in [-0.25, -0.2) is 0 Å². The van der Waals surface area contributed by atoms with Crippen LogP contribution >= 0.6 is 0 Å². The van der Waals surface area contributed by atoms with Gasteiger partial charge in [-0.3, -0.25) is 0 Å². The van der Waals surface area contributed by atoms with Crippen molar-refractivity contribution in [2.24, 2.45) is 16.7 Å². The molecule has 1 unspecified atom stereocenters. The molecule has 0 aromatic rings. The zero-order valence-electron chi connectivity index (χ0n) is 8.60. The number of rotatable bonds is 1. The topological polar surface area (TPSA) is 97.1 Å². The summed E-state index contributed by atoms with van der Waals surface area (Å²) in [6, 6.07) is 0. The van der Waals surface area contributed by atoms with Gasteiger partial charge in [0.25, 0.3) is 0 Å². The third-order valence-electron chi connectivity index (χ3n) is 2.14. The fourth-order valence-electron chi connectivity index (χ4n) is 1.65. The average molecular weight is 202 g/mol. The molecule has 0 spiro atoms. The number of hydrazone groups is 1. The van der Waals surface area contributed by atoms with Crippen molar-refractivity contribution in [1.29, 1.82) is 0 Å². The highest BCUT2D eigenvalue weighted by molar-refractivity contribution is 5.77. The zero-order valence-corrected chi connectivity index (χ0v) is 8.60. The van der Waals surface area contributed by atoms with Gasteiger partial charge in [-0.15, -0.1) is 5.10 Å². The van der Waals surface area contributed by atoms with Crippen LogP contribution in [0.3, 0.4) is 0 Å². The third-order valence-corrected chi connectivity index (χ3v) is 2.14. The zero-order chi connectivity index (χ0) is 10.8. The highest BCUT2D eigenvalue weighted by Crippen LogP contribution is 2.20. The van der Waals surface area contributed by atoms with Crippen molar-refractivity contribution in [3.63, 3.8) is 0 Å². The second-order valence-corrected chi connectivity index (χ2v) is 4.05. The van der Waals surface area contributed by atoms with Gasteiger partial charge in [0.15, 0.2) is 0 Å². The van der Waals surface area contributed by atoms with E-state index in [2.05, 4.69) is 5.10 Å². The summed E-state index contributed by atoms with van der Waals surface area (Å²) >= 11 is 0. The Balaban J connectivity index is 2.70. The molecular weight excluding hydrogens is 184 g/mol. The van der Waals surface area contributed by atoms with E-state index >= 15 is 0 Å². The van der Waals surface area contributed by atoms with E-state index in [-0.39, 0.29) is 24.3 Å². The number of aliphatic hydroxyl groups is 1. The second-order valence-electron chi connectivity index (χ2n) is 4.05. The quantitative estimate of drug-likeness (QED) is 0.211. The van der Waals surface area contributed by atoms with Gasteiger partial charge in [-0.1, -0.05) is 0 Å². The minimum absolute atomic E-state index is 0.0300. The Morgan fingerprint density at radius 2 is 2.36 bits per heavy atom. The second kappa shape index (κ2) is 4.02. The number of hydrogen-bond acceptors (Lipinski definition) is 4. The highest BCUT2D eigenvalue weighted by Gasteiger charge is 2.33. The predicted molar refractivity (Wildman–Crippen MR) is 53.4 cm³/mol. The Kier molecular flexibility index (Phi) is 3.17. The molecule has 6 nitrogen and oxygen atoms in total. The van der Waals surface area contributed by atoms with E-state index in [0.717, 1.165) is 0 Å². The van der Waals surface area contributed by atoms with Gasteiger partial charge < -0.3 is 26.3 Å². The van der Waals surface area contributed by atoms with Crippen molar-refractivity contribution in [1.82, 2.24) is 4.90 Å². The van der Waals surface area contributed by atoms with Gasteiger partial charge in [0.05, 0.1) is 18.3 Å². The highest BCUT2D eigenvalue weighted by atomic mass is 16.5. The van der Waals surface area contributed by atoms with Crippen molar-refractivity contribution in [2.75, 3.05) is 19.7 Å². The number of morpholine rings is 1. The maximum atomic E-state index is 9.03. The summed E-state index contributed by atoms with van der Waals surface area (Å²) in [4.78, 5) is 1.81. The monoisotopic (exact) mass is 202 g/mol. The van der Waals surface area contributed by atoms with Crippen molar-refractivity contribution in [3.8, 4) is 0 Å². The summed E-state index contributed by atoms with van der Waals surface area (Å²) in [6.07, 6.45) is -0.237. The Morgan fingerprint density at radius 1 is 1.71 bits per heavy atom. The molecule has 6 heteroatoms. The molecule has 0 aromatic heterocycles. The van der Waals surface area contributed by atoms with Crippen LogP contribution in [0.15, 0.2) is 5.10 Å². The fourth-order valence-corrected chi connectivity index (χ4v) is 1.65. The first-order valence-corrected chi connectivity index (χ1v) is 4.55. The lowest BCUT2D eigenvalue weighted by Gasteiger charge is -2.42. The molecule has 5 N–H and O–H groups in total. The molecule has 1 rings (SSSR count). The molecular formula is C8H18N4O2. The standard InChI is InChI=1S/C8H18N4O2/c1-8(2)5-12(7(9)11-10)3-6(4-13)14-8/h6,13H,3-5,10H2,1-2H3,(H2,9,11). The van der Waals surface area contributed by atoms with Gasteiger partial charge in [0, 0.05) is 13.1 Å². The minimum Gasteiger partial charge on any atom is -0.394 e. The molecule has 1 aliphatic heterocycles. The molecule has 1 heterocycles. The Hall–Kier alpha value is -1.01. The summed E-state index contributed by atoms with van der Waals surface area (Å²) < 4.78 is 5.60. The first-order valence-electron chi connectivity index (χ1n) is 4.55. The maximum Gasteiger partial charge on any atom is 0.213 e. The Labute approximate surface area is 83.5 Å². The van der Waals surface area contributed by atoms with E-state index in [4.69, 9.17) is 21.4 Å². The lowest BCUT2D eigenvalue weighted by Crippen LogP contribution is -2.57. The molecule has 0 amide bonds. The van der Waals surface area contributed by atoms with Crippen LogP contribution in [-0.4, -0.2) is 47.4 Å². The van der Waals surface area contributed by atoms with Gasteiger partial charge in [-0.2, -0.15) is 0 Å². The van der Waals surface area contributed by atoms with Crippen LogP contribution in [0, 0.1) is 0 Å². The molecule has 0 radical (unpaired) electrons. The van der Waals surface area contributed by atoms with E-state index in [9.17, 15) is 0 Å². The van der Waals surface area contributed by atoms with Crippen LogP contribution in [0.2, 0.25) is 0 Å². The van der Waals surface area contributed by atoms with E-state index in [1.165, 1.54) is 0 Å². The number of nitrogens with two attached hydrogens (primary N) is 2. The van der Waals surface area contributed by atoms with E-state index < -0.39 is 0 Å². The minimum atomic E-state index is -0.346. The van der Waals surface area contributed by atoms with Crippen LogP contribution in [0.5, 0.6) is 0 Å². The summed E-state index contributed by atoms with van der Waals surface area (Å²) in [5.41, 5.74) is 5.25. The Morgan fingerprint density at radius 3 is 2.86 bits per heavy atom. The molecule has 0 saturated carbocycles. The lowest BCUT2D eigenvalue weighted by atomic mass is 10.1. The molecule has 1 fully saturated rings. The number of hydrogen-bond donors (Lipinski definition) is 3. The molecule has 1 saturated heterocycles. The van der Waals surface area contributed by atoms with Gasteiger partial charge >= 0.3 is 0 Å². The molecule has 0 bridgehead atoms. The summed E-state index contributed by atoms with van der Waals surface area (Å²) in [5.74, 6) is 5.37. The molecule has 0 aliphatic carbocycles.